The van der Waals surface area contributed by atoms with Gasteiger partial charge < -0.3 is 10.2 Å². The summed E-state index contributed by atoms with van der Waals surface area (Å²) in [6.45, 7) is 0. The SMILES string of the molecule is CNc1ncccc1S(=O)(=O)Nc1ccc(N(C)C)cc1. The number of nitrogens with one attached hydrogen (secondary N) is 2. The summed E-state index contributed by atoms with van der Waals surface area (Å²) in [5, 5.41) is 2.77. The topological polar surface area (TPSA) is 74.3 Å². The Hall–Kier alpha value is -2.28. The van der Waals surface area contributed by atoms with Crippen LogP contribution < -0.4 is 14.9 Å². The smallest absolute Gasteiger partial charge is 0.265 e. The van der Waals surface area contributed by atoms with Crippen LogP contribution in [-0.2, 0) is 10.0 Å². The Balaban J connectivity index is 2.29. The van der Waals surface area contributed by atoms with Gasteiger partial charge in [0.2, 0.25) is 0 Å². The Kier molecular flexibility index (Phi) is 4.32. The van der Waals surface area contributed by atoms with E-state index in [9.17, 15) is 8.42 Å². The zero-order valence-electron chi connectivity index (χ0n) is 12.2. The summed E-state index contributed by atoms with van der Waals surface area (Å²) >= 11 is 0. The maximum absolute atomic E-state index is 12.4. The van der Waals surface area contributed by atoms with Gasteiger partial charge >= 0.3 is 0 Å². The van der Waals surface area contributed by atoms with Gasteiger partial charge in [0.25, 0.3) is 10.0 Å². The number of rotatable bonds is 5. The highest BCUT2D eigenvalue weighted by molar-refractivity contribution is 7.92. The Morgan fingerprint density at radius 1 is 1.10 bits per heavy atom. The molecular formula is C14H18N4O2S. The van der Waals surface area contributed by atoms with Crippen molar-refractivity contribution in [2.75, 3.05) is 36.1 Å². The van der Waals surface area contributed by atoms with Gasteiger partial charge in [0.05, 0.1) is 0 Å². The number of aromatic nitrogens is 1. The highest BCUT2D eigenvalue weighted by Gasteiger charge is 2.18. The minimum Gasteiger partial charge on any atom is -0.378 e. The largest absolute Gasteiger partial charge is 0.378 e. The van der Waals surface area contributed by atoms with Crippen molar-refractivity contribution in [2.45, 2.75) is 4.90 Å². The molecule has 1 aromatic carbocycles. The number of hydrogen-bond donors (Lipinski definition) is 2. The predicted octanol–water partition coefficient (Wildman–Crippen LogP) is 1.99. The zero-order chi connectivity index (χ0) is 15.5. The summed E-state index contributed by atoms with van der Waals surface area (Å²) < 4.78 is 27.3. The van der Waals surface area contributed by atoms with E-state index >= 15 is 0 Å². The van der Waals surface area contributed by atoms with Crippen molar-refractivity contribution in [1.82, 2.24) is 4.98 Å². The second-order valence-electron chi connectivity index (χ2n) is 4.65. The molecule has 0 unspecified atom stereocenters. The van der Waals surface area contributed by atoms with E-state index in [1.165, 1.54) is 12.3 Å². The van der Waals surface area contributed by atoms with Crippen molar-refractivity contribution in [1.29, 1.82) is 0 Å². The number of pyridine rings is 1. The van der Waals surface area contributed by atoms with E-state index in [0.29, 0.717) is 11.5 Å². The van der Waals surface area contributed by atoms with E-state index in [1.54, 1.807) is 25.2 Å². The first kappa shape index (κ1) is 15.1. The van der Waals surface area contributed by atoms with Crippen molar-refractivity contribution in [3.63, 3.8) is 0 Å². The van der Waals surface area contributed by atoms with Crippen LogP contribution in [0.1, 0.15) is 0 Å². The van der Waals surface area contributed by atoms with Gasteiger partial charge in [-0.25, -0.2) is 13.4 Å². The van der Waals surface area contributed by atoms with Crippen LogP contribution in [0.15, 0.2) is 47.5 Å². The van der Waals surface area contributed by atoms with Crippen LogP contribution in [0.4, 0.5) is 17.2 Å². The first-order valence-electron chi connectivity index (χ1n) is 6.37. The van der Waals surface area contributed by atoms with E-state index in [1.807, 2.05) is 31.1 Å². The summed E-state index contributed by atoms with van der Waals surface area (Å²) in [4.78, 5) is 6.06. The van der Waals surface area contributed by atoms with Crippen molar-refractivity contribution < 1.29 is 8.42 Å². The molecule has 0 atom stereocenters. The molecule has 1 aromatic heterocycles. The van der Waals surface area contributed by atoms with Crippen molar-refractivity contribution in [2.24, 2.45) is 0 Å². The van der Waals surface area contributed by atoms with Crippen LogP contribution in [0.2, 0.25) is 0 Å². The average molecular weight is 306 g/mol. The fraction of sp³-hybridized carbons (Fsp3) is 0.214. The molecule has 0 saturated carbocycles. The summed E-state index contributed by atoms with van der Waals surface area (Å²) in [6, 6.07) is 10.2. The molecule has 0 aliphatic heterocycles. The molecular weight excluding hydrogens is 288 g/mol. The Morgan fingerprint density at radius 3 is 2.33 bits per heavy atom. The minimum atomic E-state index is -3.68. The zero-order valence-corrected chi connectivity index (χ0v) is 13.0. The molecule has 2 aromatic rings. The van der Waals surface area contributed by atoms with E-state index < -0.39 is 10.0 Å². The second-order valence-corrected chi connectivity index (χ2v) is 6.30. The van der Waals surface area contributed by atoms with Gasteiger partial charge in [0.1, 0.15) is 10.7 Å². The summed E-state index contributed by atoms with van der Waals surface area (Å²) in [5.41, 5.74) is 1.50. The van der Waals surface area contributed by atoms with Gasteiger partial charge in [-0.2, -0.15) is 0 Å². The Bertz CT molecular complexity index is 712. The summed E-state index contributed by atoms with van der Waals surface area (Å²) in [5.74, 6) is 0.315. The fourth-order valence-electron chi connectivity index (χ4n) is 1.83. The Morgan fingerprint density at radius 2 is 1.76 bits per heavy atom. The normalized spacial score (nSPS) is 11.0. The van der Waals surface area contributed by atoms with Crippen LogP contribution in [0.3, 0.4) is 0 Å². The lowest BCUT2D eigenvalue weighted by molar-refractivity contribution is 0.601. The van der Waals surface area contributed by atoms with Gasteiger partial charge in [-0.3, -0.25) is 4.72 Å². The monoisotopic (exact) mass is 306 g/mol. The second kappa shape index (κ2) is 6.01. The van der Waals surface area contributed by atoms with E-state index in [2.05, 4.69) is 15.0 Å². The molecule has 6 nitrogen and oxygen atoms in total. The number of benzene rings is 1. The highest BCUT2D eigenvalue weighted by Crippen LogP contribution is 2.22. The van der Waals surface area contributed by atoms with Crippen molar-refractivity contribution in [3.05, 3.63) is 42.6 Å². The molecule has 2 N–H and O–H groups in total. The molecule has 112 valence electrons. The third kappa shape index (κ3) is 3.43. The highest BCUT2D eigenvalue weighted by atomic mass is 32.2. The lowest BCUT2D eigenvalue weighted by atomic mass is 10.3. The molecule has 0 spiro atoms. The number of anilines is 3. The number of nitrogens with zero attached hydrogens (tertiary/aromatic N) is 2. The molecule has 7 heteroatoms. The number of sulfonamides is 1. The van der Waals surface area contributed by atoms with Gasteiger partial charge in [-0.05, 0) is 36.4 Å². The third-order valence-electron chi connectivity index (χ3n) is 2.93. The van der Waals surface area contributed by atoms with Crippen LogP contribution in [0.25, 0.3) is 0 Å². The quantitative estimate of drug-likeness (QED) is 0.883. The maximum Gasteiger partial charge on any atom is 0.265 e. The van der Waals surface area contributed by atoms with Gasteiger partial charge in [0, 0.05) is 38.7 Å². The van der Waals surface area contributed by atoms with Gasteiger partial charge in [-0.1, -0.05) is 0 Å². The molecule has 2 rings (SSSR count). The summed E-state index contributed by atoms with van der Waals surface area (Å²) in [7, 11) is 1.80. The first-order chi connectivity index (χ1) is 9.94. The minimum absolute atomic E-state index is 0.115. The molecule has 0 fully saturated rings. The number of hydrogen-bond acceptors (Lipinski definition) is 5. The molecule has 0 aliphatic carbocycles. The predicted molar refractivity (Wildman–Crippen MR) is 85.4 cm³/mol. The van der Waals surface area contributed by atoms with Crippen LogP contribution in [0, 0.1) is 0 Å². The van der Waals surface area contributed by atoms with Gasteiger partial charge in [0.15, 0.2) is 0 Å². The van der Waals surface area contributed by atoms with Crippen molar-refractivity contribution >= 4 is 27.2 Å². The lowest BCUT2D eigenvalue weighted by Crippen LogP contribution is -2.15. The van der Waals surface area contributed by atoms with Crippen molar-refractivity contribution in [3.8, 4) is 0 Å². The summed E-state index contributed by atoms with van der Waals surface area (Å²) in [6.07, 6.45) is 1.54. The first-order valence-corrected chi connectivity index (χ1v) is 7.85. The average Bonchev–Trinajstić information content (AvgIpc) is 2.47. The van der Waals surface area contributed by atoms with Crippen LogP contribution >= 0.6 is 0 Å². The molecule has 21 heavy (non-hydrogen) atoms. The molecule has 0 aliphatic rings. The molecule has 0 amide bonds. The molecule has 1 heterocycles. The fourth-order valence-corrected chi connectivity index (χ4v) is 3.06. The van der Waals surface area contributed by atoms with Crippen LogP contribution in [0.5, 0.6) is 0 Å². The molecule has 0 bridgehead atoms. The third-order valence-corrected chi connectivity index (χ3v) is 4.35. The Labute approximate surface area is 124 Å². The van der Waals surface area contributed by atoms with E-state index in [4.69, 9.17) is 0 Å². The molecule has 0 radical (unpaired) electrons. The van der Waals surface area contributed by atoms with E-state index in [0.717, 1.165) is 5.69 Å². The molecule has 0 saturated heterocycles. The lowest BCUT2D eigenvalue weighted by Gasteiger charge is -2.14. The maximum atomic E-state index is 12.4. The van der Waals surface area contributed by atoms with Gasteiger partial charge in [-0.15, -0.1) is 0 Å². The van der Waals surface area contributed by atoms with Crippen LogP contribution in [-0.4, -0.2) is 34.5 Å². The standard InChI is InChI=1S/C14H18N4O2S/c1-15-14-13(5-4-10-16-14)21(19,20)17-11-6-8-12(9-7-11)18(2)3/h4-10,17H,1-3H3,(H,15,16). The van der Waals surface area contributed by atoms with E-state index in [-0.39, 0.29) is 4.90 Å².